The van der Waals surface area contributed by atoms with Gasteiger partial charge in [0.25, 0.3) is 10.1 Å². The Morgan fingerprint density at radius 2 is 1.72 bits per heavy atom. The number of fused-ring (bicyclic) bond motifs is 1. The number of hydrogen-bond donors (Lipinski definition) is 1. The van der Waals surface area contributed by atoms with E-state index in [0.717, 1.165) is 47.6 Å². The van der Waals surface area contributed by atoms with E-state index >= 15 is 0 Å². The van der Waals surface area contributed by atoms with Gasteiger partial charge in [0.15, 0.2) is 0 Å². The summed E-state index contributed by atoms with van der Waals surface area (Å²) in [5.74, 6) is 0.658. The highest BCUT2D eigenvalue weighted by molar-refractivity contribution is 7.86. The van der Waals surface area contributed by atoms with Gasteiger partial charge < -0.3 is 38.6 Å². The molecule has 1 saturated heterocycles. The number of rotatable bonds is 16. The third kappa shape index (κ3) is 11.2. The highest BCUT2D eigenvalue weighted by atomic mass is 32.2. The van der Waals surface area contributed by atoms with Gasteiger partial charge in [-0.2, -0.15) is 8.42 Å². The Bertz CT molecular complexity index is 1780. The zero-order valence-electron chi connectivity index (χ0n) is 32.4. The van der Waals surface area contributed by atoms with E-state index in [-0.39, 0.29) is 37.0 Å². The van der Waals surface area contributed by atoms with E-state index < -0.39 is 33.5 Å². The third-order valence-corrected chi connectivity index (χ3v) is 10.8. The minimum atomic E-state index is -3.85. The number of aryl methyl sites for hydroxylation is 1. The molecule has 0 aliphatic carbocycles. The molecule has 0 bridgehead atoms. The second-order valence-electron chi connectivity index (χ2n) is 15.3. The average Bonchev–Trinajstić information content (AvgIpc) is 3.13. The summed E-state index contributed by atoms with van der Waals surface area (Å²) in [4.78, 5) is 17.1. The summed E-state index contributed by atoms with van der Waals surface area (Å²) in [6, 6.07) is 20.1. The number of ether oxygens (including phenoxy) is 5. The lowest BCUT2D eigenvalue weighted by molar-refractivity contribution is -0.154. The van der Waals surface area contributed by atoms with Crippen molar-refractivity contribution < 1.29 is 46.2 Å². The quantitative estimate of drug-likeness (QED) is 0.132. The van der Waals surface area contributed by atoms with E-state index in [1.807, 2.05) is 71.0 Å². The molecule has 12 nitrogen and oxygen atoms in total. The third-order valence-electron chi connectivity index (χ3n) is 9.49. The summed E-state index contributed by atoms with van der Waals surface area (Å²) in [6.45, 7) is 13.4. The topological polar surface area (TPSA) is 133 Å². The number of carbonyl (C=O) groups excluding carboxylic acids is 1. The number of amides is 1. The van der Waals surface area contributed by atoms with Crippen LogP contribution in [0.1, 0.15) is 62.8 Å². The maximum Gasteiger partial charge on any atom is 0.410 e. The summed E-state index contributed by atoms with van der Waals surface area (Å²) in [5.41, 5.74) is 2.41. The Morgan fingerprint density at radius 3 is 2.43 bits per heavy atom. The van der Waals surface area contributed by atoms with Crippen LogP contribution in [0.15, 0.2) is 71.6 Å². The van der Waals surface area contributed by atoms with Crippen LogP contribution >= 0.6 is 0 Å². The summed E-state index contributed by atoms with van der Waals surface area (Å²) in [6.07, 6.45) is -0.0491. The van der Waals surface area contributed by atoms with Crippen LogP contribution in [0.4, 0.5) is 10.5 Å². The molecule has 0 saturated carbocycles. The maximum absolute atomic E-state index is 13.1. The summed E-state index contributed by atoms with van der Waals surface area (Å²) in [5, 5.41) is 12.3. The molecule has 0 radical (unpaired) electrons. The highest BCUT2D eigenvalue weighted by Crippen LogP contribution is 2.38. The first-order chi connectivity index (χ1) is 25.7. The van der Waals surface area contributed by atoms with Gasteiger partial charge in [-0.3, -0.25) is 4.18 Å². The minimum Gasteiger partial charge on any atom is -0.490 e. The molecule has 2 aliphatic heterocycles. The second-order valence-corrected chi connectivity index (χ2v) is 16.9. The fourth-order valence-electron chi connectivity index (χ4n) is 6.45. The van der Waals surface area contributed by atoms with Crippen molar-refractivity contribution in [3.63, 3.8) is 0 Å². The van der Waals surface area contributed by atoms with Crippen LogP contribution in [-0.4, -0.2) is 95.9 Å². The summed E-state index contributed by atoms with van der Waals surface area (Å²) >= 11 is 0. The predicted octanol–water partition coefficient (Wildman–Crippen LogP) is 6.20. The standard InChI is InChI=1S/C41H56N2O10S/c1-30-8-15-35(16-9-30)54(46,47)52-27-31(2)26-49-28-32-10-13-34(14-11-32)41(45)18-20-43(39(44)53-40(3,4)5)25-38(41)51-29-33-12-17-37-36(24-33)42(21-23-50-37)19-7-22-48-6/h8-17,24,31,38,45H,7,18-23,25-29H2,1-6H3/t31?,38-,41-/m0/s1. The molecule has 1 amide bonds. The van der Waals surface area contributed by atoms with Gasteiger partial charge in [0.05, 0.1) is 50.1 Å². The lowest BCUT2D eigenvalue weighted by Crippen LogP contribution is -2.56. The number of hydrogen-bond acceptors (Lipinski definition) is 11. The number of methoxy groups -OCH3 is 1. The molecule has 0 aromatic heterocycles. The molecule has 296 valence electrons. The van der Waals surface area contributed by atoms with Crippen molar-refractivity contribution in [3.8, 4) is 5.75 Å². The molecular weight excluding hydrogens is 713 g/mol. The van der Waals surface area contributed by atoms with Crippen molar-refractivity contribution in [1.82, 2.24) is 4.90 Å². The fraction of sp³-hybridized carbons (Fsp3) is 0.537. The Labute approximate surface area is 320 Å². The number of piperidine rings is 1. The van der Waals surface area contributed by atoms with Crippen molar-refractivity contribution in [2.24, 2.45) is 5.92 Å². The van der Waals surface area contributed by atoms with Gasteiger partial charge in [0.1, 0.15) is 29.7 Å². The molecule has 13 heteroatoms. The molecular formula is C41H56N2O10S. The van der Waals surface area contributed by atoms with Crippen molar-refractivity contribution in [2.75, 3.05) is 64.6 Å². The first-order valence-corrected chi connectivity index (χ1v) is 20.0. The average molecular weight is 769 g/mol. The highest BCUT2D eigenvalue weighted by Gasteiger charge is 2.45. The molecule has 2 aliphatic rings. The molecule has 0 spiro atoms. The van der Waals surface area contributed by atoms with Gasteiger partial charge in [-0.15, -0.1) is 0 Å². The van der Waals surface area contributed by atoms with Gasteiger partial charge in [0, 0.05) is 39.1 Å². The number of carbonyl (C=O) groups is 1. The molecule has 2 heterocycles. The van der Waals surface area contributed by atoms with Crippen molar-refractivity contribution in [1.29, 1.82) is 0 Å². The van der Waals surface area contributed by atoms with Gasteiger partial charge in [-0.1, -0.05) is 55.0 Å². The zero-order valence-corrected chi connectivity index (χ0v) is 33.2. The van der Waals surface area contributed by atoms with Crippen molar-refractivity contribution in [2.45, 2.75) is 82.9 Å². The lowest BCUT2D eigenvalue weighted by Gasteiger charge is -2.44. The van der Waals surface area contributed by atoms with Crippen LogP contribution in [0, 0.1) is 12.8 Å². The fourth-order valence-corrected chi connectivity index (χ4v) is 7.47. The molecule has 1 fully saturated rings. The Hall–Kier alpha value is -3.72. The van der Waals surface area contributed by atoms with Crippen molar-refractivity contribution >= 4 is 21.9 Å². The minimum absolute atomic E-state index is 0.00421. The van der Waals surface area contributed by atoms with E-state index in [2.05, 4.69) is 11.0 Å². The van der Waals surface area contributed by atoms with E-state index in [1.165, 1.54) is 12.1 Å². The number of nitrogens with zero attached hydrogens (tertiary/aromatic N) is 2. The van der Waals surface area contributed by atoms with E-state index in [1.54, 1.807) is 24.1 Å². The molecule has 5 rings (SSSR count). The number of benzene rings is 3. The molecule has 1 N–H and O–H groups in total. The predicted molar refractivity (Wildman–Crippen MR) is 205 cm³/mol. The van der Waals surface area contributed by atoms with Crippen molar-refractivity contribution in [3.05, 3.63) is 89.0 Å². The Morgan fingerprint density at radius 1 is 1.00 bits per heavy atom. The second kappa shape index (κ2) is 18.3. The van der Waals surface area contributed by atoms with Crippen LogP contribution in [-0.2, 0) is 52.1 Å². The van der Waals surface area contributed by atoms with Gasteiger partial charge in [-0.05, 0) is 75.1 Å². The maximum atomic E-state index is 13.1. The Balaban J connectivity index is 1.22. The van der Waals surface area contributed by atoms with Gasteiger partial charge >= 0.3 is 6.09 Å². The van der Waals surface area contributed by atoms with Crippen LogP contribution in [0.3, 0.4) is 0 Å². The summed E-state index contributed by atoms with van der Waals surface area (Å²) in [7, 11) is -2.15. The molecule has 1 unspecified atom stereocenters. The molecule has 3 aromatic carbocycles. The van der Waals surface area contributed by atoms with Crippen LogP contribution in [0.2, 0.25) is 0 Å². The van der Waals surface area contributed by atoms with E-state index in [4.69, 9.17) is 27.9 Å². The lowest BCUT2D eigenvalue weighted by atomic mass is 9.81. The largest absolute Gasteiger partial charge is 0.490 e. The van der Waals surface area contributed by atoms with Crippen LogP contribution in [0.5, 0.6) is 5.75 Å². The SMILES string of the molecule is COCCCN1CCOc2ccc(CO[C@H]3CN(C(=O)OC(C)(C)C)CC[C@]3(O)c3ccc(COCC(C)COS(=O)(=O)c4ccc(C)cc4)cc3)cc21. The van der Waals surface area contributed by atoms with E-state index in [0.29, 0.717) is 38.5 Å². The van der Waals surface area contributed by atoms with Crippen LogP contribution in [0.25, 0.3) is 0 Å². The van der Waals surface area contributed by atoms with Gasteiger partial charge in [0.2, 0.25) is 0 Å². The van der Waals surface area contributed by atoms with Gasteiger partial charge in [-0.25, -0.2) is 4.79 Å². The Kier molecular flexibility index (Phi) is 14.0. The van der Waals surface area contributed by atoms with Crippen LogP contribution < -0.4 is 9.64 Å². The monoisotopic (exact) mass is 768 g/mol. The smallest absolute Gasteiger partial charge is 0.410 e. The number of likely N-dealkylation sites (tertiary alicyclic amines) is 1. The summed E-state index contributed by atoms with van der Waals surface area (Å²) < 4.78 is 59.6. The zero-order chi connectivity index (χ0) is 38.9. The molecule has 3 atom stereocenters. The first kappa shape index (κ1) is 41.4. The molecule has 3 aromatic rings. The van der Waals surface area contributed by atoms with E-state index in [9.17, 15) is 18.3 Å². The molecule has 54 heavy (non-hydrogen) atoms. The first-order valence-electron chi connectivity index (χ1n) is 18.6. The number of anilines is 1. The number of aliphatic hydroxyl groups is 1. The normalized spacial score (nSPS) is 19.6.